The Labute approximate surface area is 96.8 Å². The molecule has 2 rings (SSSR count). The van der Waals surface area contributed by atoms with Crippen LogP contribution in [0.15, 0.2) is 30.3 Å². The van der Waals surface area contributed by atoms with Gasteiger partial charge in [0.15, 0.2) is 5.82 Å². The number of nitrogens with two attached hydrogens (primary N) is 2. The van der Waals surface area contributed by atoms with Crippen molar-refractivity contribution in [1.29, 1.82) is 0 Å². The lowest BCUT2D eigenvalue weighted by atomic mass is 10.1. The average molecular weight is 230 g/mol. The second-order valence-corrected chi connectivity index (χ2v) is 3.21. The third-order valence-electron chi connectivity index (χ3n) is 2.10. The Hall–Kier alpha value is -2.54. The Bertz CT molecular complexity index is 542. The van der Waals surface area contributed by atoms with Crippen molar-refractivity contribution >= 4 is 11.7 Å². The van der Waals surface area contributed by atoms with Gasteiger partial charge in [0.25, 0.3) is 0 Å². The smallest absolute Gasteiger partial charge is 0.304 e. The van der Waals surface area contributed by atoms with Gasteiger partial charge >= 0.3 is 5.91 Å². The highest BCUT2D eigenvalue weighted by Gasteiger charge is 2.12. The summed E-state index contributed by atoms with van der Waals surface area (Å²) in [6, 6.07) is 9.21. The summed E-state index contributed by atoms with van der Waals surface area (Å²) in [6.45, 7) is 0. The van der Waals surface area contributed by atoms with Gasteiger partial charge in [-0.3, -0.25) is 10.2 Å². The Morgan fingerprint density at radius 1 is 1.18 bits per heavy atom. The zero-order valence-electron chi connectivity index (χ0n) is 8.79. The monoisotopic (exact) mass is 230 g/mol. The molecule has 0 aliphatic rings. The maximum Gasteiger partial charge on any atom is 0.304 e. The second-order valence-electron chi connectivity index (χ2n) is 3.21. The van der Waals surface area contributed by atoms with Crippen LogP contribution in [0.5, 0.6) is 0 Å². The van der Waals surface area contributed by atoms with Gasteiger partial charge in [0, 0.05) is 5.56 Å². The number of hydrazine groups is 1. The van der Waals surface area contributed by atoms with Gasteiger partial charge in [-0.1, -0.05) is 30.3 Å². The Morgan fingerprint density at radius 3 is 2.47 bits per heavy atom. The molecular formula is C10H10N6O. The molecule has 5 N–H and O–H groups in total. The molecule has 0 radical (unpaired) electrons. The quantitative estimate of drug-likeness (QED) is 0.371. The molecule has 0 spiro atoms. The van der Waals surface area contributed by atoms with Gasteiger partial charge in [0.1, 0.15) is 5.69 Å². The van der Waals surface area contributed by atoms with E-state index in [1.807, 2.05) is 35.8 Å². The SMILES string of the molecule is NNC(=O)c1nnc(-c2ccccc2)c(N)n1. The molecule has 1 heterocycles. The van der Waals surface area contributed by atoms with E-state index in [2.05, 4.69) is 15.2 Å². The number of carbonyl (C=O) groups is 1. The number of nitrogens with zero attached hydrogens (tertiary/aromatic N) is 3. The van der Waals surface area contributed by atoms with E-state index >= 15 is 0 Å². The fourth-order valence-corrected chi connectivity index (χ4v) is 1.30. The second kappa shape index (κ2) is 4.54. The molecule has 0 saturated heterocycles. The van der Waals surface area contributed by atoms with Gasteiger partial charge in [-0.25, -0.2) is 10.8 Å². The van der Waals surface area contributed by atoms with Crippen LogP contribution in [0.1, 0.15) is 10.6 Å². The number of benzene rings is 1. The Balaban J connectivity index is 2.42. The van der Waals surface area contributed by atoms with Crippen LogP contribution in [0, 0.1) is 0 Å². The van der Waals surface area contributed by atoms with Crippen molar-refractivity contribution in [2.45, 2.75) is 0 Å². The van der Waals surface area contributed by atoms with E-state index in [4.69, 9.17) is 11.6 Å². The molecule has 2 aromatic rings. The summed E-state index contributed by atoms with van der Waals surface area (Å²) in [4.78, 5) is 15.0. The molecule has 0 unspecified atom stereocenters. The summed E-state index contributed by atoms with van der Waals surface area (Å²) in [7, 11) is 0. The topological polar surface area (TPSA) is 120 Å². The van der Waals surface area contributed by atoms with E-state index in [9.17, 15) is 4.79 Å². The van der Waals surface area contributed by atoms with E-state index in [0.717, 1.165) is 5.56 Å². The first-order chi connectivity index (χ1) is 8.22. The minimum Gasteiger partial charge on any atom is -0.382 e. The lowest BCUT2D eigenvalue weighted by Crippen LogP contribution is -2.32. The molecule has 7 nitrogen and oxygen atoms in total. The zero-order valence-corrected chi connectivity index (χ0v) is 8.79. The number of aromatic nitrogens is 3. The molecule has 0 fully saturated rings. The standard InChI is InChI=1S/C10H10N6O/c11-8-7(6-4-2-1-3-5-6)15-16-9(13-8)10(17)14-12/h1-5H,12H2,(H,14,17)(H2,11,13,16). The lowest BCUT2D eigenvalue weighted by molar-refractivity contribution is 0.0942. The lowest BCUT2D eigenvalue weighted by Gasteiger charge is -2.04. The Morgan fingerprint density at radius 2 is 1.88 bits per heavy atom. The van der Waals surface area contributed by atoms with E-state index in [1.54, 1.807) is 0 Å². The summed E-state index contributed by atoms with van der Waals surface area (Å²) in [5.41, 5.74) is 8.83. The highest BCUT2D eigenvalue weighted by Crippen LogP contribution is 2.20. The largest absolute Gasteiger partial charge is 0.382 e. The minimum atomic E-state index is -0.635. The normalized spacial score (nSPS) is 9.94. The van der Waals surface area contributed by atoms with Crippen molar-refractivity contribution in [3.8, 4) is 11.3 Å². The molecule has 1 aromatic carbocycles. The van der Waals surface area contributed by atoms with E-state index < -0.39 is 5.91 Å². The predicted molar refractivity (Wildman–Crippen MR) is 61.3 cm³/mol. The molecule has 7 heteroatoms. The van der Waals surface area contributed by atoms with Gasteiger partial charge in [-0.2, -0.15) is 0 Å². The van der Waals surface area contributed by atoms with Gasteiger partial charge in [0.05, 0.1) is 0 Å². The molecule has 0 bridgehead atoms. The van der Waals surface area contributed by atoms with Gasteiger partial charge in [-0.05, 0) is 0 Å². The summed E-state index contributed by atoms with van der Waals surface area (Å²) < 4.78 is 0. The number of nitrogen functional groups attached to an aromatic ring is 2. The highest BCUT2D eigenvalue weighted by atomic mass is 16.2. The van der Waals surface area contributed by atoms with Crippen molar-refractivity contribution in [3.05, 3.63) is 36.2 Å². The maximum absolute atomic E-state index is 11.2. The summed E-state index contributed by atoms with van der Waals surface area (Å²) in [5, 5.41) is 7.52. The number of anilines is 1. The van der Waals surface area contributed by atoms with E-state index in [1.165, 1.54) is 0 Å². The van der Waals surface area contributed by atoms with Crippen molar-refractivity contribution in [2.75, 3.05) is 5.73 Å². The first-order valence-corrected chi connectivity index (χ1v) is 4.79. The third kappa shape index (κ3) is 2.18. The van der Waals surface area contributed by atoms with Crippen molar-refractivity contribution in [2.24, 2.45) is 5.84 Å². The fourth-order valence-electron chi connectivity index (χ4n) is 1.30. The molecule has 1 amide bonds. The number of nitrogens with one attached hydrogen (secondary N) is 1. The number of hydrogen-bond donors (Lipinski definition) is 3. The van der Waals surface area contributed by atoms with Crippen molar-refractivity contribution in [1.82, 2.24) is 20.6 Å². The molecule has 0 saturated carbocycles. The molecule has 0 aliphatic carbocycles. The van der Waals surface area contributed by atoms with E-state index in [-0.39, 0.29) is 11.6 Å². The first kappa shape index (κ1) is 11.0. The van der Waals surface area contributed by atoms with Gasteiger partial charge < -0.3 is 5.73 Å². The number of rotatable bonds is 2. The molecular weight excluding hydrogens is 220 g/mol. The van der Waals surface area contributed by atoms with Crippen molar-refractivity contribution in [3.63, 3.8) is 0 Å². The summed E-state index contributed by atoms with van der Waals surface area (Å²) >= 11 is 0. The summed E-state index contributed by atoms with van der Waals surface area (Å²) in [6.07, 6.45) is 0. The van der Waals surface area contributed by atoms with Gasteiger partial charge in [0.2, 0.25) is 5.82 Å². The number of amides is 1. The highest BCUT2D eigenvalue weighted by molar-refractivity contribution is 5.90. The van der Waals surface area contributed by atoms with Crippen LogP contribution in [-0.4, -0.2) is 21.1 Å². The first-order valence-electron chi connectivity index (χ1n) is 4.79. The fraction of sp³-hybridized carbons (Fsp3) is 0. The summed E-state index contributed by atoms with van der Waals surface area (Å²) in [5.74, 6) is 4.29. The molecule has 1 aromatic heterocycles. The van der Waals surface area contributed by atoms with E-state index in [0.29, 0.717) is 5.69 Å². The number of hydrogen-bond acceptors (Lipinski definition) is 6. The van der Waals surface area contributed by atoms with Crippen LogP contribution in [0.4, 0.5) is 5.82 Å². The molecule has 17 heavy (non-hydrogen) atoms. The Kier molecular flexibility index (Phi) is 2.93. The zero-order chi connectivity index (χ0) is 12.3. The van der Waals surface area contributed by atoms with Crippen LogP contribution in [0.3, 0.4) is 0 Å². The van der Waals surface area contributed by atoms with Gasteiger partial charge in [-0.15, -0.1) is 10.2 Å². The average Bonchev–Trinajstić information content (AvgIpc) is 2.38. The minimum absolute atomic E-state index is 0.129. The molecule has 0 atom stereocenters. The van der Waals surface area contributed by atoms with Crippen LogP contribution >= 0.6 is 0 Å². The van der Waals surface area contributed by atoms with Crippen molar-refractivity contribution < 1.29 is 4.79 Å². The third-order valence-corrected chi connectivity index (χ3v) is 2.10. The van der Waals surface area contributed by atoms with Crippen LogP contribution in [-0.2, 0) is 0 Å². The maximum atomic E-state index is 11.2. The predicted octanol–water partition coefficient (Wildman–Crippen LogP) is -0.276. The molecule has 86 valence electrons. The van der Waals surface area contributed by atoms with Crippen LogP contribution in [0.2, 0.25) is 0 Å². The number of carbonyl (C=O) groups excluding carboxylic acids is 1. The van der Waals surface area contributed by atoms with Crippen LogP contribution < -0.4 is 17.0 Å². The van der Waals surface area contributed by atoms with Crippen LogP contribution in [0.25, 0.3) is 11.3 Å². The molecule has 0 aliphatic heterocycles.